The molecule has 9 heavy (non-hydrogen) atoms. The molecule has 52 valence electrons. The van der Waals surface area contributed by atoms with Gasteiger partial charge in [-0.1, -0.05) is 6.92 Å². The van der Waals surface area contributed by atoms with E-state index in [-0.39, 0.29) is 0 Å². The highest BCUT2D eigenvalue weighted by molar-refractivity contribution is 4.88. The molecule has 0 aromatic rings. The maximum atomic E-state index is 5.47. The number of ether oxygens (including phenoxy) is 1. The third kappa shape index (κ3) is 0.864. The van der Waals surface area contributed by atoms with Crippen molar-refractivity contribution in [2.24, 2.45) is 0 Å². The van der Waals surface area contributed by atoms with Gasteiger partial charge in [-0.3, -0.25) is 4.90 Å². The van der Waals surface area contributed by atoms with E-state index in [2.05, 4.69) is 11.8 Å². The van der Waals surface area contributed by atoms with Gasteiger partial charge >= 0.3 is 0 Å². The van der Waals surface area contributed by atoms with Crippen LogP contribution in [-0.4, -0.2) is 36.7 Å². The van der Waals surface area contributed by atoms with Crippen LogP contribution in [-0.2, 0) is 4.74 Å². The van der Waals surface area contributed by atoms with Gasteiger partial charge in [0.1, 0.15) is 0 Å². The summed E-state index contributed by atoms with van der Waals surface area (Å²) in [6.45, 7) is 5.75. The highest BCUT2D eigenvalue weighted by atomic mass is 16.5. The second-order valence-electron chi connectivity index (χ2n) is 2.97. The summed E-state index contributed by atoms with van der Waals surface area (Å²) in [6.07, 6.45) is 2.49. The van der Waals surface area contributed by atoms with Crippen LogP contribution in [0.4, 0.5) is 0 Å². The van der Waals surface area contributed by atoms with Gasteiger partial charge in [0, 0.05) is 19.5 Å². The quantitative estimate of drug-likeness (QED) is 0.508. The van der Waals surface area contributed by atoms with Crippen LogP contribution in [0.3, 0.4) is 0 Å². The van der Waals surface area contributed by atoms with E-state index >= 15 is 0 Å². The van der Waals surface area contributed by atoms with Crippen molar-refractivity contribution in [2.45, 2.75) is 25.6 Å². The normalized spacial score (nSPS) is 42.3. The van der Waals surface area contributed by atoms with Crippen LogP contribution >= 0.6 is 0 Å². The van der Waals surface area contributed by atoms with Crippen molar-refractivity contribution in [3.05, 3.63) is 0 Å². The maximum absolute atomic E-state index is 5.47. The fourth-order valence-corrected chi connectivity index (χ4v) is 1.70. The molecular formula is C7H13NO. The Hall–Kier alpha value is -0.0800. The average Bonchev–Trinajstić information content (AvgIpc) is 1.87. The van der Waals surface area contributed by atoms with Crippen LogP contribution < -0.4 is 0 Å². The molecule has 3 fully saturated rings. The average molecular weight is 127 g/mol. The van der Waals surface area contributed by atoms with Gasteiger partial charge < -0.3 is 4.74 Å². The fraction of sp³-hybridized carbons (Fsp3) is 1.00. The Morgan fingerprint density at radius 1 is 1.44 bits per heavy atom. The topological polar surface area (TPSA) is 12.5 Å². The zero-order valence-electron chi connectivity index (χ0n) is 5.84. The molecule has 0 aromatic carbocycles. The molecule has 0 aliphatic carbocycles. The zero-order valence-corrected chi connectivity index (χ0v) is 5.84. The highest BCUT2D eigenvalue weighted by Gasteiger charge is 2.37. The summed E-state index contributed by atoms with van der Waals surface area (Å²) in [4.78, 5) is 2.46. The summed E-state index contributed by atoms with van der Waals surface area (Å²) < 4.78 is 5.47. The molecule has 2 atom stereocenters. The van der Waals surface area contributed by atoms with Crippen LogP contribution in [0.5, 0.6) is 0 Å². The second-order valence-corrected chi connectivity index (χ2v) is 2.97. The molecule has 0 N–H and O–H groups in total. The van der Waals surface area contributed by atoms with E-state index in [4.69, 9.17) is 4.74 Å². The molecule has 3 heterocycles. The molecule has 0 unspecified atom stereocenters. The first-order valence-corrected chi connectivity index (χ1v) is 3.76. The number of nitrogens with zero attached hydrogens (tertiary/aromatic N) is 1. The smallest absolute Gasteiger partial charge is 0.0731 e. The lowest BCUT2D eigenvalue weighted by molar-refractivity contribution is -0.179. The third-order valence-electron chi connectivity index (χ3n) is 2.28. The van der Waals surface area contributed by atoms with Crippen LogP contribution in [0.2, 0.25) is 0 Å². The minimum Gasteiger partial charge on any atom is -0.372 e. The molecule has 0 radical (unpaired) electrons. The second kappa shape index (κ2) is 1.96. The lowest BCUT2D eigenvalue weighted by Gasteiger charge is -2.46. The van der Waals surface area contributed by atoms with Gasteiger partial charge in [0.25, 0.3) is 0 Å². The predicted molar refractivity (Wildman–Crippen MR) is 35.4 cm³/mol. The van der Waals surface area contributed by atoms with Gasteiger partial charge in [-0.05, 0) is 6.54 Å². The summed E-state index contributed by atoms with van der Waals surface area (Å²) in [5.74, 6) is 0. The molecule has 0 aromatic heterocycles. The summed E-state index contributed by atoms with van der Waals surface area (Å²) in [7, 11) is 0. The van der Waals surface area contributed by atoms with Crippen LogP contribution in [0.1, 0.15) is 13.3 Å². The lowest BCUT2D eigenvalue weighted by Crippen LogP contribution is -2.56. The van der Waals surface area contributed by atoms with Crippen molar-refractivity contribution in [3.63, 3.8) is 0 Å². The molecule has 3 rings (SSSR count). The summed E-state index contributed by atoms with van der Waals surface area (Å²) in [5.41, 5.74) is 0. The van der Waals surface area contributed by atoms with Crippen LogP contribution in [0.15, 0.2) is 0 Å². The van der Waals surface area contributed by atoms with Crippen molar-refractivity contribution in [3.8, 4) is 0 Å². The maximum Gasteiger partial charge on any atom is 0.0731 e. The molecule has 0 saturated carbocycles. The van der Waals surface area contributed by atoms with Gasteiger partial charge in [0.2, 0.25) is 0 Å². The fourth-order valence-electron chi connectivity index (χ4n) is 1.70. The van der Waals surface area contributed by atoms with Gasteiger partial charge in [0.15, 0.2) is 0 Å². The highest BCUT2D eigenvalue weighted by Crippen LogP contribution is 2.27. The summed E-state index contributed by atoms with van der Waals surface area (Å²) in [5, 5.41) is 0. The van der Waals surface area contributed by atoms with Gasteiger partial charge in [-0.25, -0.2) is 0 Å². The molecule has 2 heteroatoms. The van der Waals surface area contributed by atoms with Crippen molar-refractivity contribution in [1.82, 2.24) is 4.90 Å². The number of likely N-dealkylation sites (N-methyl/N-ethyl adjacent to an activating group) is 1. The summed E-state index contributed by atoms with van der Waals surface area (Å²) >= 11 is 0. The first-order valence-electron chi connectivity index (χ1n) is 3.76. The van der Waals surface area contributed by atoms with E-state index < -0.39 is 0 Å². The Morgan fingerprint density at radius 2 is 2.00 bits per heavy atom. The molecule has 3 aliphatic heterocycles. The van der Waals surface area contributed by atoms with Crippen molar-refractivity contribution >= 4 is 0 Å². The van der Waals surface area contributed by atoms with Crippen molar-refractivity contribution in [2.75, 3.05) is 19.6 Å². The van der Waals surface area contributed by atoms with Gasteiger partial charge in [-0.2, -0.15) is 0 Å². The molecule has 3 saturated heterocycles. The monoisotopic (exact) mass is 127 g/mol. The number of fused-ring (bicyclic) bond motifs is 2. The summed E-state index contributed by atoms with van der Waals surface area (Å²) in [6, 6.07) is 0. The molecular weight excluding hydrogens is 114 g/mol. The van der Waals surface area contributed by atoms with E-state index in [1.807, 2.05) is 0 Å². The number of hydrogen-bond donors (Lipinski definition) is 0. The Kier molecular flexibility index (Phi) is 1.24. The molecule has 3 aliphatic rings. The van der Waals surface area contributed by atoms with Crippen LogP contribution in [0.25, 0.3) is 0 Å². The Morgan fingerprint density at radius 3 is 2.33 bits per heavy atom. The van der Waals surface area contributed by atoms with Gasteiger partial charge in [-0.15, -0.1) is 0 Å². The predicted octanol–water partition coefficient (Wildman–Crippen LogP) is 0.479. The molecule has 0 spiro atoms. The molecule has 2 bridgehead atoms. The van der Waals surface area contributed by atoms with Crippen molar-refractivity contribution < 1.29 is 4.74 Å². The van der Waals surface area contributed by atoms with E-state index in [9.17, 15) is 0 Å². The van der Waals surface area contributed by atoms with E-state index in [1.165, 1.54) is 26.1 Å². The first-order chi connectivity index (χ1) is 4.38. The SMILES string of the molecule is CCN1C[C@H]2C[C@@H](C1)O2. The van der Waals surface area contributed by atoms with Crippen LogP contribution in [0, 0.1) is 0 Å². The standard InChI is InChI=1S/C7H13NO/c1-2-8-4-6-3-7(5-8)9-6/h6-7H,2-5H2,1H3/t6-,7+. The number of rotatable bonds is 1. The number of morpholine rings is 1. The van der Waals surface area contributed by atoms with Crippen molar-refractivity contribution in [1.29, 1.82) is 0 Å². The molecule has 0 amide bonds. The largest absolute Gasteiger partial charge is 0.372 e. The Bertz CT molecular complexity index is 99.5. The Balaban J connectivity index is 1.89. The Labute approximate surface area is 55.8 Å². The first kappa shape index (κ1) is 5.69. The third-order valence-corrected chi connectivity index (χ3v) is 2.28. The van der Waals surface area contributed by atoms with Gasteiger partial charge in [0.05, 0.1) is 12.2 Å². The number of hydrogen-bond acceptors (Lipinski definition) is 2. The van der Waals surface area contributed by atoms with E-state index in [0.29, 0.717) is 12.2 Å². The zero-order chi connectivity index (χ0) is 6.27. The molecule has 2 nitrogen and oxygen atoms in total. The van der Waals surface area contributed by atoms with E-state index in [1.54, 1.807) is 0 Å². The minimum atomic E-state index is 0.587. The van der Waals surface area contributed by atoms with E-state index in [0.717, 1.165) is 0 Å². The number of piperidine rings is 1. The minimum absolute atomic E-state index is 0.587. The lowest BCUT2D eigenvalue weighted by atomic mass is 9.99.